The maximum atomic E-state index is 6.17. The van der Waals surface area contributed by atoms with Gasteiger partial charge in [0, 0.05) is 24.7 Å². The van der Waals surface area contributed by atoms with Crippen LogP contribution in [-0.4, -0.2) is 29.6 Å². The van der Waals surface area contributed by atoms with E-state index in [1.54, 1.807) is 0 Å². The van der Waals surface area contributed by atoms with Gasteiger partial charge in [-0.25, -0.2) is 0 Å². The van der Waals surface area contributed by atoms with Crippen LogP contribution < -0.4 is 5.73 Å². The second-order valence-corrected chi connectivity index (χ2v) is 6.61. The Kier molecular flexibility index (Phi) is 4.87. The number of nitrogens with zero attached hydrogens (tertiary/aromatic N) is 1. The Morgan fingerprint density at radius 3 is 2.24 bits per heavy atom. The molecule has 0 aliphatic heterocycles. The first kappa shape index (κ1) is 13.4. The van der Waals surface area contributed by atoms with E-state index in [1.807, 2.05) is 0 Å². The minimum atomic E-state index is 0.463. The lowest BCUT2D eigenvalue weighted by Gasteiger charge is -2.41. The number of hydrogen-bond acceptors (Lipinski definition) is 2. The van der Waals surface area contributed by atoms with Gasteiger partial charge in [0.1, 0.15) is 0 Å². The van der Waals surface area contributed by atoms with E-state index in [-0.39, 0.29) is 0 Å². The van der Waals surface area contributed by atoms with Crippen molar-refractivity contribution in [1.29, 1.82) is 0 Å². The van der Waals surface area contributed by atoms with E-state index in [0.717, 1.165) is 18.0 Å². The van der Waals surface area contributed by atoms with Gasteiger partial charge in [-0.3, -0.25) is 4.90 Å². The van der Waals surface area contributed by atoms with Crippen LogP contribution in [-0.2, 0) is 0 Å². The van der Waals surface area contributed by atoms with Gasteiger partial charge >= 0.3 is 0 Å². The van der Waals surface area contributed by atoms with Crippen molar-refractivity contribution in [3.05, 3.63) is 0 Å². The van der Waals surface area contributed by atoms with E-state index in [9.17, 15) is 0 Å². The number of nitrogens with two attached hydrogens (primary N) is 1. The maximum Gasteiger partial charge on any atom is 0.0113 e. The first-order valence-electron chi connectivity index (χ1n) is 7.68. The highest BCUT2D eigenvalue weighted by atomic mass is 15.2. The standard InChI is InChI=1S/C15H30N2/c1-12(2)11-17(14-7-3-4-8-14)15-9-5-6-13(16)10-15/h12-15H,3-11,16H2,1-2H3. The molecule has 0 aromatic carbocycles. The summed E-state index contributed by atoms with van der Waals surface area (Å²) < 4.78 is 0. The topological polar surface area (TPSA) is 29.3 Å². The van der Waals surface area contributed by atoms with Gasteiger partial charge in [-0.1, -0.05) is 33.1 Å². The van der Waals surface area contributed by atoms with Gasteiger partial charge in [0.05, 0.1) is 0 Å². The summed E-state index contributed by atoms with van der Waals surface area (Å²) in [6.45, 7) is 5.98. The average Bonchev–Trinajstić information content (AvgIpc) is 2.79. The molecule has 0 saturated heterocycles. The third kappa shape index (κ3) is 3.69. The molecule has 2 unspecified atom stereocenters. The summed E-state index contributed by atoms with van der Waals surface area (Å²) in [5.74, 6) is 0.786. The quantitative estimate of drug-likeness (QED) is 0.815. The molecule has 0 heterocycles. The van der Waals surface area contributed by atoms with Gasteiger partial charge in [-0.2, -0.15) is 0 Å². The molecule has 2 aliphatic rings. The molecule has 2 N–H and O–H groups in total. The second-order valence-electron chi connectivity index (χ2n) is 6.61. The Balaban J connectivity index is 1.97. The van der Waals surface area contributed by atoms with Gasteiger partial charge in [-0.15, -0.1) is 0 Å². The lowest BCUT2D eigenvalue weighted by atomic mass is 9.89. The lowest BCUT2D eigenvalue weighted by Crippen LogP contribution is -2.48. The van der Waals surface area contributed by atoms with Crippen molar-refractivity contribution in [2.45, 2.75) is 83.3 Å². The molecule has 0 radical (unpaired) electrons. The molecule has 100 valence electrons. The summed E-state index contributed by atoms with van der Waals surface area (Å²) in [6.07, 6.45) is 11.0. The lowest BCUT2D eigenvalue weighted by molar-refractivity contribution is 0.0866. The van der Waals surface area contributed by atoms with Crippen molar-refractivity contribution in [1.82, 2.24) is 4.90 Å². The van der Waals surface area contributed by atoms with Gasteiger partial charge in [-0.05, 0) is 38.0 Å². The van der Waals surface area contributed by atoms with Gasteiger partial charge in [0.2, 0.25) is 0 Å². The van der Waals surface area contributed by atoms with Crippen molar-refractivity contribution in [2.24, 2.45) is 11.7 Å². The molecule has 2 atom stereocenters. The number of rotatable bonds is 4. The highest BCUT2D eigenvalue weighted by Crippen LogP contribution is 2.31. The molecule has 0 amide bonds. The zero-order valence-corrected chi connectivity index (χ0v) is 11.7. The number of hydrogen-bond donors (Lipinski definition) is 1. The molecule has 17 heavy (non-hydrogen) atoms. The van der Waals surface area contributed by atoms with Crippen LogP contribution in [0.4, 0.5) is 0 Å². The van der Waals surface area contributed by atoms with E-state index < -0.39 is 0 Å². The molecule has 0 aromatic heterocycles. The Morgan fingerprint density at radius 2 is 1.65 bits per heavy atom. The fourth-order valence-corrected chi connectivity index (χ4v) is 3.76. The monoisotopic (exact) mass is 238 g/mol. The minimum Gasteiger partial charge on any atom is -0.328 e. The van der Waals surface area contributed by atoms with Crippen LogP contribution in [0.15, 0.2) is 0 Å². The first-order chi connectivity index (χ1) is 8.16. The van der Waals surface area contributed by atoms with Crippen LogP contribution in [0.3, 0.4) is 0 Å². The molecule has 0 aromatic rings. The van der Waals surface area contributed by atoms with E-state index >= 15 is 0 Å². The van der Waals surface area contributed by atoms with Crippen molar-refractivity contribution >= 4 is 0 Å². The van der Waals surface area contributed by atoms with Gasteiger partial charge in [0.25, 0.3) is 0 Å². The molecule has 0 bridgehead atoms. The summed E-state index contributed by atoms with van der Waals surface area (Å²) in [6, 6.07) is 2.11. The van der Waals surface area contributed by atoms with Gasteiger partial charge in [0.15, 0.2) is 0 Å². The SMILES string of the molecule is CC(C)CN(C1CCCC1)C1CCCC(N)C1. The van der Waals surface area contributed by atoms with Crippen LogP contribution in [0, 0.1) is 5.92 Å². The van der Waals surface area contributed by atoms with E-state index in [2.05, 4.69) is 18.7 Å². The Bertz CT molecular complexity index is 221. The molecule has 2 aliphatic carbocycles. The first-order valence-corrected chi connectivity index (χ1v) is 7.68. The zero-order chi connectivity index (χ0) is 12.3. The normalized spacial score (nSPS) is 31.6. The predicted octanol–water partition coefficient (Wildman–Crippen LogP) is 3.16. The molecule has 2 saturated carbocycles. The predicted molar refractivity (Wildman–Crippen MR) is 74.0 cm³/mol. The van der Waals surface area contributed by atoms with Crippen LogP contribution in [0.5, 0.6) is 0 Å². The van der Waals surface area contributed by atoms with Crippen LogP contribution in [0.1, 0.15) is 65.2 Å². The summed E-state index contributed by atoms with van der Waals surface area (Å²) in [5, 5.41) is 0. The molecule has 2 fully saturated rings. The highest BCUT2D eigenvalue weighted by Gasteiger charge is 2.31. The van der Waals surface area contributed by atoms with Crippen LogP contribution >= 0.6 is 0 Å². The third-order valence-corrected chi connectivity index (χ3v) is 4.53. The largest absolute Gasteiger partial charge is 0.328 e. The van der Waals surface area contributed by atoms with E-state index in [1.165, 1.54) is 57.9 Å². The average molecular weight is 238 g/mol. The van der Waals surface area contributed by atoms with Crippen LogP contribution in [0.2, 0.25) is 0 Å². The van der Waals surface area contributed by atoms with Crippen molar-refractivity contribution in [3.8, 4) is 0 Å². The van der Waals surface area contributed by atoms with Crippen LogP contribution in [0.25, 0.3) is 0 Å². The summed E-state index contributed by atoms with van der Waals surface area (Å²) in [5.41, 5.74) is 6.17. The third-order valence-electron chi connectivity index (χ3n) is 4.53. The fourth-order valence-electron chi connectivity index (χ4n) is 3.76. The summed E-state index contributed by atoms with van der Waals surface area (Å²) in [7, 11) is 0. The van der Waals surface area contributed by atoms with Crippen molar-refractivity contribution in [2.75, 3.05) is 6.54 Å². The smallest absolute Gasteiger partial charge is 0.0113 e. The Morgan fingerprint density at radius 1 is 1.00 bits per heavy atom. The molecular weight excluding hydrogens is 208 g/mol. The molecule has 2 rings (SSSR count). The van der Waals surface area contributed by atoms with E-state index in [0.29, 0.717) is 6.04 Å². The molecule has 2 heteroatoms. The Hall–Kier alpha value is -0.0800. The molecule has 0 spiro atoms. The molecule has 2 nitrogen and oxygen atoms in total. The fraction of sp³-hybridized carbons (Fsp3) is 1.00. The van der Waals surface area contributed by atoms with Crippen molar-refractivity contribution < 1.29 is 0 Å². The van der Waals surface area contributed by atoms with Crippen molar-refractivity contribution in [3.63, 3.8) is 0 Å². The zero-order valence-electron chi connectivity index (χ0n) is 11.7. The second kappa shape index (κ2) is 6.19. The highest BCUT2D eigenvalue weighted by molar-refractivity contribution is 4.88. The van der Waals surface area contributed by atoms with E-state index in [4.69, 9.17) is 5.73 Å². The van der Waals surface area contributed by atoms with Gasteiger partial charge < -0.3 is 5.73 Å². The molecular formula is C15H30N2. The maximum absolute atomic E-state index is 6.17. The Labute approximate surface area is 107 Å². The summed E-state index contributed by atoms with van der Waals surface area (Å²) in [4.78, 5) is 2.83. The summed E-state index contributed by atoms with van der Waals surface area (Å²) >= 11 is 0. The minimum absolute atomic E-state index is 0.463.